The van der Waals surface area contributed by atoms with Gasteiger partial charge in [-0.05, 0) is 51.0 Å². The summed E-state index contributed by atoms with van der Waals surface area (Å²) in [6, 6.07) is 20.6. The second-order valence-corrected chi connectivity index (χ2v) is 12.7. The number of ketones is 1. The molecule has 1 N–H and O–H groups in total. The fourth-order valence-corrected chi connectivity index (χ4v) is 6.03. The molecule has 5 nitrogen and oxygen atoms in total. The van der Waals surface area contributed by atoms with Crippen LogP contribution in [-0.2, 0) is 24.9 Å². The number of pyridine rings is 1. The summed E-state index contributed by atoms with van der Waals surface area (Å²) in [5.41, 5.74) is 5.54. The van der Waals surface area contributed by atoms with Crippen LogP contribution in [0.5, 0.6) is 0 Å². The van der Waals surface area contributed by atoms with Crippen molar-refractivity contribution in [3.63, 3.8) is 0 Å². The third kappa shape index (κ3) is 5.72. The number of hydrogen-bond donors (Lipinski definition) is 1. The van der Waals surface area contributed by atoms with E-state index < -0.39 is 0 Å². The maximum Gasteiger partial charge on any atom is 0.224 e. The van der Waals surface area contributed by atoms with E-state index in [1.54, 1.807) is 0 Å². The Kier molecular flexibility index (Phi) is 10.0. The Morgan fingerprint density at radius 2 is 1.47 bits per heavy atom. The van der Waals surface area contributed by atoms with Crippen molar-refractivity contribution >= 4 is 55.1 Å². The zero-order chi connectivity index (χ0) is 32.0. The van der Waals surface area contributed by atoms with Gasteiger partial charge in [0.05, 0.1) is 5.65 Å². The van der Waals surface area contributed by atoms with Crippen LogP contribution in [0.25, 0.3) is 49.3 Å². The van der Waals surface area contributed by atoms with Crippen molar-refractivity contribution in [3.05, 3.63) is 83.3 Å². The molecule has 6 heteroatoms. The number of benzene rings is 3. The normalized spacial score (nSPS) is 12.6. The molecule has 0 aliphatic heterocycles. The van der Waals surface area contributed by atoms with Gasteiger partial charge in [-0.3, -0.25) is 14.2 Å². The summed E-state index contributed by atoms with van der Waals surface area (Å²) in [6.07, 6.45) is 4.75. The molecule has 6 aromatic rings. The Hall–Kier alpha value is -3.47. The number of imidazole rings is 1. The molecule has 3 aromatic heterocycles. The molecule has 1 radical (unpaired) electrons. The van der Waals surface area contributed by atoms with E-state index in [0.29, 0.717) is 0 Å². The van der Waals surface area contributed by atoms with Crippen molar-refractivity contribution in [2.24, 2.45) is 10.8 Å². The van der Waals surface area contributed by atoms with Gasteiger partial charge in [0.25, 0.3) is 0 Å². The van der Waals surface area contributed by atoms with Gasteiger partial charge in [0, 0.05) is 48.1 Å². The first-order chi connectivity index (χ1) is 20.9. The average Bonchev–Trinajstić information content (AvgIpc) is 3.55. The second-order valence-electron chi connectivity index (χ2n) is 12.7. The van der Waals surface area contributed by atoms with Crippen LogP contribution >= 0.6 is 0 Å². The van der Waals surface area contributed by atoms with Crippen LogP contribution < -0.4 is 0 Å². The average molecular weight is 782 g/mol. The summed E-state index contributed by atoms with van der Waals surface area (Å²) in [6.45, 7) is 18.3. The Balaban J connectivity index is 0.000000226. The van der Waals surface area contributed by atoms with E-state index in [0.717, 1.165) is 70.2 Å². The van der Waals surface area contributed by atoms with E-state index in [1.807, 2.05) is 48.5 Å². The fourth-order valence-electron chi connectivity index (χ4n) is 6.03. The van der Waals surface area contributed by atoms with Crippen molar-refractivity contribution in [1.29, 1.82) is 0 Å². The third-order valence-corrected chi connectivity index (χ3v) is 10.4. The zero-order valence-electron chi connectivity index (χ0n) is 28.0. The third-order valence-electron chi connectivity index (χ3n) is 10.4. The molecular weight excluding hydrogens is 737 g/mol. The molecular formula is C39H45IrN2O3-. The smallest absolute Gasteiger partial charge is 0.224 e. The van der Waals surface area contributed by atoms with Crippen LogP contribution in [0.15, 0.2) is 64.8 Å². The van der Waals surface area contributed by atoms with E-state index >= 15 is 0 Å². The molecule has 0 spiro atoms. The van der Waals surface area contributed by atoms with Gasteiger partial charge in [-0.1, -0.05) is 101 Å². The molecule has 45 heavy (non-hydrogen) atoms. The largest absolute Gasteiger partial charge is 0.512 e. The molecule has 6 rings (SSSR count). The summed E-state index contributed by atoms with van der Waals surface area (Å²) in [4.78, 5) is 17.2. The molecule has 0 saturated carbocycles. The number of aromatic nitrogens is 2. The standard InChI is InChI=1S/C24H17N2O.C15H28O2.Ir/c1-13-15(3)27-24-22(13)25-23-19-12-16-8-4-5-9-17(16)14(2)21(19)18-10-6-7-11-20(18)26(23)24;1-7-14(5,8-2)12(16)11-13(17)15(6,9-3)10-4;/h4-11H,1-3H3;11,16H,7-10H2,1-6H3;/q-1;;/b;12-11-;. The number of carbonyl (C=O) groups is 1. The SMILES string of the molecule is CCC(C)(CC)C(=O)/C=C(\O)C(C)(CC)CC.Cc1oc2c(nc3c4[c-]c5ccccc5c(C)c4c4ccccc4n32)c1C.[Ir]. The van der Waals surface area contributed by atoms with Gasteiger partial charge in [-0.2, -0.15) is 0 Å². The van der Waals surface area contributed by atoms with Gasteiger partial charge in [0.1, 0.15) is 17.0 Å². The number of hydrogen-bond acceptors (Lipinski definition) is 4. The Labute approximate surface area is 280 Å². The molecule has 0 aliphatic carbocycles. The van der Waals surface area contributed by atoms with Gasteiger partial charge >= 0.3 is 0 Å². The van der Waals surface area contributed by atoms with Crippen molar-refractivity contribution in [3.8, 4) is 0 Å². The molecule has 3 heterocycles. The molecule has 0 amide bonds. The van der Waals surface area contributed by atoms with Crippen LogP contribution in [0.4, 0.5) is 0 Å². The second kappa shape index (κ2) is 13.1. The summed E-state index contributed by atoms with van der Waals surface area (Å²) in [5.74, 6) is 1.21. The Bertz CT molecular complexity index is 2060. The predicted molar refractivity (Wildman–Crippen MR) is 184 cm³/mol. The van der Waals surface area contributed by atoms with E-state index in [-0.39, 0.29) is 42.5 Å². The van der Waals surface area contributed by atoms with Crippen molar-refractivity contribution < 1.29 is 34.4 Å². The number of aryl methyl sites for hydroxylation is 3. The molecule has 0 fully saturated rings. The van der Waals surface area contributed by atoms with Crippen LogP contribution in [0, 0.1) is 37.7 Å². The van der Waals surface area contributed by atoms with E-state index in [4.69, 9.17) is 9.40 Å². The number of carbonyl (C=O) groups excluding carboxylic acids is 1. The topological polar surface area (TPSA) is 67.7 Å². The maximum absolute atomic E-state index is 12.2. The van der Waals surface area contributed by atoms with E-state index in [1.165, 1.54) is 27.8 Å². The molecule has 3 aromatic carbocycles. The molecule has 239 valence electrons. The van der Waals surface area contributed by atoms with Gasteiger partial charge in [0.2, 0.25) is 5.71 Å². The molecule has 0 unspecified atom stereocenters. The zero-order valence-corrected chi connectivity index (χ0v) is 30.4. The quantitative estimate of drug-likeness (QED) is 0.0576. The first kappa shape index (κ1) is 34.4. The minimum absolute atomic E-state index is 0. The van der Waals surface area contributed by atoms with Crippen molar-refractivity contribution in [2.75, 3.05) is 0 Å². The Morgan fingerprint density at radius 1 is 0.889 bits per heavy atom. The van der Waals surface area contributed by atoms with Crippen LogP contribution in [-0.4, -0.2) is 20.3 Å². The number of allylic oxidation sites excluding steroid dienone is 2. The molecule has 0 aliphatic rings. The summed E-state index contributed by atoms with van der Waals surface area (Å²) in [7, 11) is 0. The van der Waals surface area contributed by atoms with Gasteiger partial charge in [-0.15, -0.1) is 23.1 Å². The minimum atomic E-state index is -0.337. The van der Waals surface area contributed by atoms with Crippen LogP contribution in [0.2, 0.25) is 0 Å². The number of furan rings is 1. The monoisotopic (exact) mass is 782 g/mol. The summed E-state index contributed by atoms with van der Waals surface area (Å²) < 4.78 is 8.26. The fraction of sp³-hybridized carbons (Fsp3) is 0.385. The van der Waals surface area contributed by atoms with E-state index in [2.05, 4.69) is 72.8 Å². The number of fused-ring (bicyclic) bond motifs is 9. The summed E-state index contributed by atoms with van der Waals surface area (Å²) >= 11 is 0. The minimum Gasteiger partial charge on any atom is -0.512 e. The van der Waals surface area contributed by atoms with Crippen LogP contribution in [0.3, 0.4) is 0 Å². The first-order valence-corrected chi connectivity index (χ1v) is 15.9. The van der Waals surface area contributed by atoms with Crippen LogP contribution in [0.1, 0.15) is 84.1 Å². The molecule has 0 bridgehead atoms. The number of aliphatic hydroxyl groups is 1. The maximum atomic E-state index is 12.2. The number of rotatable bonds is 7. The predicted octanol–water partition coefficient (Wildman–Crippen LogP) is 10.9. The van der Waals surface area contributed by atoms with Gasteiger partial charge < -0.3 is 9.52 Å². The molecule has 0 saturated heterocycles. The van der Waals surface area contributed by atoms with Gasteiger partial charge in [-0.25, -0.2) is 0 Å². The van der Waals surface area contributed by atoms with Crippen molar-refractivity contribution in [2.45, 2.75) is 88.0 Å². The van der Waals surface area contributed by atoms with Crippen molar-refractivity contribution in [1.82, 2.24) is 9.38 Å². The summed E-state index contributed by atoms with van der Waals surface area (Å²) in [5, 5.41) is 16.0. The number of aliphatic hydroxyl groups excluding tert-OH is 1. The van der Waals surface area contributed by atoms with E-state index in [9.17, 15) is 9.90 Å². The first-order valence-electron chi connectivity index (χ1n) is 15.9. The number of nitrogens with zero attached hydrogens (tertiary/aromatic N) is 2. The number of para-hydroxylation sites is 1. The Morgan fingerprint density at radius 3 is 2.09 bits per heavy atom. The van der Waals surface area contributed by atoms with Gasteiger partial charge in [0.15, 0.2) is 5.78 Å². The molecule has 0 atom stereocenters.